The fourth-order valence-corrected chi connectivity index (χ4v) is 1.40. The van der Waals surface area contributed by atoms with E-state index in [9.17, 15) is 0 Å². The highest BCUT2D eigenvalue weighted by Crippen LogP contribution is 2.17. The quantitative estimate of drug-likeness (QED) is 0.757. The molecule has 1 aromatic heterocycles. The van der Waals surface area contributed by atoms with Crippen LogP contribution in [0.1, 0.15) is 6.92 Å². The van der Waals surface area contributed by atoms with Gasteiger partial charge in [0.25, 0.3) is 0 Å². The van der Waals surface area contributed by atoms with Crippen molar-refractivity contribution in [1.82, 2.24) is 15.0 Å². The van der Waals surface area contributed by atoms with E-state index in [1.165, 1.54) is 14.2 Å². The van der Waals surface area contributed by atoms with Gasteiger partial charge < -0.3 is 14.4 Å². The Morgan fingerprint density at radius 2 is 1.69 bits per heavy atom. The van der Waals surface area contributed by atoms with Crippen LogP contribution in [0.15, 0.2) is 0 Å². The van der Waals surface area contributed by atoms with Gasteiger partial charge >= 0.3 is 12.0 Å². The Labute approximate surface area is 103 Å². The van der Waals surface area contributed by atoms with Crippen LogP contribution < -0.4 is 14.4 Å². The van der Waals surface area contributed by atoms with Crippen LogP contribution in [0.4, 0.5) is 5.95 Å². The summed E-state index contributed by atoms with van der Waals surface area (Å²) in [6.07, 6.45) is 0. The van der Waals surface area contributed by atoms with E-state index in [1.54, 1.807) is 0 Å². The molecule has 0 aliphatic heterocycles. The number of methoxy groups -OCH3 is 2. The third-order valence-electron chi connectivity index (χ3n) is 2.15. The number of aromatic nitrogens is 3. The molecule has 1 aromatic rings. The van der Waals surface area contributed by atoms with Crippen molar-refractivity contribution in [2.24, 2.45) is 0 Å². The zero-order chi connectivity index (χ0) is 12.1. The summed E-state index contributed by atoms with van der Waals surface area (Å²) in [5.41, 5.74) is 0. The average Bonchev–Trinajstić information content (AvgIpc) is 2.35. The van der Waals surface area contributed by atoms with Crippen molar-refractivity contribution < 1.29 is 9.47 Å². The van der Waals surface area contributed by atoms with Crippen molar-refractivity contribution in [3.05, 3.63) is 0 Å². The maximum absolute atomic E-state index is 4.98. The third-order valence-corrected chi connectivity index (χ3v) is 3.08. The highest BCUT2D eigenvalue weighted by atomic mass is 79.9. The highest BCUT2D eigenvalue weighted by Gasteiger charge is 2.15. The van der Waals surface area contributed by atoms with E-state index >= 15 is 0 Å². The topological polar surface area (TPSA) is 60.4 Å². The zero-order valence-corrected chi connectivity index (χ0v) is 11.4. The van der Waals surface area contributed by atoms with Gasteiger partial charge in [0.1, 0.15) is 0 Å². The van der Waals surface area contributed by atoms with E-state index in [0.29, 0.717) is 5.95 Å². The number of alkyl halides is 1. The van der Waals surface area contributed by atoms with Gasteiger partial charge in [-0.05, 0) is 6.92 Å². The predicted molar refractivity (Wildman–Crippen MR) is 64.6 cm³/mol. The molecule has 1 rings (SSSR count). The Balaban J connectivity index is 3.02. The molecule has 1 unspecified atom stereocenters. The van der Waals surface area contributed by atoms with Crippen LogP contribution in [-0.4, -0.2) is 47.6 Å². The van der Waals surface area contributed by atoms with Crippen molar-refractivity contribution in [1.29, 1.82) is 0 Å². The molecule has 0 saturated heterocycles. The van der Waals surface area contributed by atoms with E-state index in [2.05, 4.69) is 37.8 Å². The molecule has 0 radical (unpaired) electrons. The minimum absolute atomic E-state index is 0.246. The van der Waals surface area contributed by atoms with Crippen molar-refractivity contribution in [3.63, 3.8) is 0 Å². The van der Waals surface area contributed by atoms with Crippen LogP contribution in [0.3, 0.4) is 0 Å². The Kier molecular flexibility index (Phi) is 4.72. The average molecular weight is 291 g/mol. The Bertz CT molecular complexity index is 328. The predicted octanol–water partition coefficient (Wildman–Crippen LogP) is 1.11. The fourth-order valence-electron chi connectivity index (χ4n) is 0.969. The summed E-state index contributed by atoms with van der Waals surface area (Å²) >= 11 is 3.41. The maximum Gasteiger partial charge on any atom is 0.324 e. The molecule has 0 fully saturated rings. The van der Waals surface area contributed by atoms with E-state index in [4.69, 9.17) is 9.47 Å². The number of rotatable bonds is 5. The van der Waals surface area contributed by atoms with Crippen molar-refractivity contribution in [3.8, 4) is 12.0 Å². The van der Waals surface area contributed by atoms with Gasteiger partial charge in [0.05, 0.1) is 14.2 Å². The largest absolute Gasteiger partial charge is 0.467 e. The smallest absolute Gasteiger partial charge is 0.324 e. The molecule has 0 saturated carbocycles. The van der Waals surface area contributed by atoms with Crippen LogP contribution in [-0.2, 0) is 0 Å². The van der Waals surface area contributed by atoms with Gasteiger partial charge in [-0.25, -0.2) is 0 Å². The minimum Gasteiger partial charge on any atom is -0.467 e. The van der Waals surface area contributed by atoms with Crippen molar-refractivity contribution >= 4 is 21.9 Å². The Morgan fingerprint density at radius 3 is 2.06 bits per heavy atom. The standard InChI is InChI=1S/C9H15BrN4O2/c1-6(5-10)14(2)7-11-8(15-3)13-9(12-7)16-4/h6H,5H2,1-4H3. The van der Waals surface area contributed by atoms with Gasteiger partial charge in [0, 0.05) is 18.4 Å². The maximum atomic E-state index is 4.98. The zero-order valence-electron chi connectivity index (χ0n) is 9.77. The van der Waals surface area contributed by atoms with Gasteiger partial charge in [0.2, 0.25) is 5.95 Å². The van der Waals surface area contributed by atoms with Crippen LogP contribution in [0, 0.1) is 0 Å². The second-order valence-corrected chi connectivity index (χ2v) is 3.87. The lowest BCUT2D eigenvalue weighted by molar-refractivity contribution is 0.340. The summed E-state index contributed by atoms with van der Waals surface area (Å²) in [4.78, 5) is 14.1. The molecule has 1 atom stereocenters. The summed E-state index contributed by atoms with van der Waals surface area (Å²) in [6, 6.07) is 0.753. The molecule has 0 spiro atoms. The molecule has 0 N–H and O–H groups in total. The van der Waals surface area contributed by atoms with E-state index in [0.717, 1.165) is 5.33 Å². The summed E-state index contributed by atoms with van der Waals surface area (Å²) < 4.78 is 9.96. The SMILES string of the molecule is COc1nc(OC)nc(N(C)C(C)CBr)n1. The fraction of sp³-hybridized carbons (Fsp3) is 0.667. The molecule has 90 valence electrons. The van der Waals surface area contributed by atoms with E-state index in [1.807, 2.05) is 11.9 Å². The lowest BCUT2D eigenvalue weighted by Gasteiger charge is -2.23. The summed E-state index contributed by atoms with van der Waals surface area (Å²) in [6.45, 7) is 2.05. The summed E-state index contributed by atoms with van der Waals surface area (Å²) in [5, 5.41) is 0.819. The molecule has 6 nitrogen and oxygen atoms in total. The monoisotopic (exact) mass is 290 g/mol. The Morgan fingerprint density at radius 1 is 1.19 bits per heavy atom. The van der Waals surface area contributed by atoms with Gasteiger partial charge in [0.15, 0.2) is 0 Å². The molecule has 7 heteroatoms. The number of hydrogen-bond donors (Lipinski definition) is 0. The summed E-state index contributed by atoms with van der Waals surface area (Å²) in [5.74, 6) is 0.524. The first-order chi connectivity index (χ1) is 7.62. The normalized spacial score (nSPS) is 12.1. The third kappa shape index (κ3) is 2.94. The van der Waals surface area contributed by atoms with E-state index in [-0.39, 0.29) is 18.1 Å². The molecule has 0 bridgehead atoms. The van der Waals surface area contributed by atoms with Crippen molar-refractivity contribution in [2.45, 2.75) is 13.0 Å². The number of ether oxygens (including phenoxy) is 2. The molecular weight excluding hydrogens is 276 g/mol. The van der Waals surface area contributed by atoms with Gasteiger partial charge in [-0.3, -0.25) is 0 Å². The number of nitrogens with zero attached hydrogens (tertiary/aromatic N) is 4. The van der Waals surface area contributed by atoms with Gasteiger partial charge in [-0.15, -0.1) is 4.98 Å². The number of halogens is 1. The highest BCUT2D eigenvalue weighted by molar-refractivity contribution is 9.09. The first-order valence-corrected chi connectivity index (χ1v) is 5.87. The second-order valence-electron chi connectivity index (χ2n) is 3.22. The van der Waals surface area contributed by atoms with Crippen LogP contribution in [0.5, 0.6) is 12.0 Å². The minimum atomic E-state index is 0.246. The summed E-state index contributed by atoms with van der Waals surface area (Å²) in [7, 11) is 4.92. The van der Waals surface area contributed by atoms with E-state index < -0.39 is 0 Å². The lowest BCUT2D eigenvalue weighted by Crippen LogP contribution is -2.31. The molecule has 0 amide bonds. The molecule has 16 heavy (non-hydrogen) atoms. The number of hydrogen-bond acceptors (Lipinski definition) is 6. The van der Waals surface area contributed by atoms with Crippen LogP contribution in [0.2, 0.25) is 0 Å². The van der Waals surface area contributed by atoms with Gasteiger partial charge in [-0.2, -0.15) is 9.97 Å². The molecular formula is C9H15BrN4O2. The second kappa shape index (κ2) is 5.83. The molecule has 1 heterocycles. The van der Waals surface area contributed by atoms with Crippen LogP contribution in [0.25, 0.3) is 0 Å². The Hall–Kier alpha value is -1.11. The first kappa shape index (κ1) is 13.0. The lowest BCUT2D eigenvalue weighted by atomic mass is 10.4. The molecule has 0 aliphatic rings. The first-order valence-electron chi connectivity index (χ1n) is 4.75. The number of anilines is 1. The molecule has 0 aromatic carbocycles. The molecule has 0 aliphatic carbocycles. The van der Waals surface area contributed by atoms with Crippen LogP contribution >= 0.6 is 15.9 Å². The van der Waals surface area contributed by atoms with Gasteiger partial charge in [-0.1, -0.05) is 15.9 Å². The van der Waals surface area contributed by atoms with Crippen molar-refractivity contribution in [2.75, 3.05) is 31.5 Å².